The fourth-order valence-corrected chi connectivity index (χ4v) is 4.80. The summed E-state index contributed by atoms with van der Waals surface area (Å²) in [6.07, 6.45) is 0.448. The summed E-state index contributed by atoms with van der Waals surface area (Å²) >= 11 is 6.08. The van der Waals surface area contributed by atoms with Crippen molar-refractivity contribution in [3.05, 3.63) is 100 Å². The van der Waals surface area contributed by atoms with E-state index in [1.807, 2.05) is 72.8 Å². The van der Waals surface area contributed by atoms with Crippen LogP contribution in [-0.4, -0.2) is 74.5 Å². The predicted octanol–water partition coefficient (Wildman–Crippen LogP) is 4.77. The summed E-state index contributed by atoms with van der Waals surface area (Å²) in [7, 11) is 1.75. The lowest BCUT2D eigenvalue weighted by Crippen LogP contribution is -2.48. The number of methoxy groups -OCH3 is 1. The van der Waals surface area contributed by atoms with Crippen molar-refractivity contribution in [2.75, 3.05) is 59.6 Å². The lowest BCUT2D eigenvalue weighted by Gasteiger charge is -2.34. The first kappa shape index (κ1) is 26.6. The molecule has 4 rings (SSSR count). The van der Waals surface area contributed by atoms with Crippen LogP contribution < -0.4 is 4.74 Å². The number of rotatable bonds is 11. The molecule has 1 heterocycles. The molecule has 0 bridgehead atoms. The molecule has 1 N–H and O–H groups in total. The largest absolute Gasteiger partial charge is 0.492 e. The lowest BCUT2D eigenvalue weighted by molar-refractivity contribution is 0.0809. The van der Waals surface area contributed by atoms with Gasteiger partial charge in [-0.15, -0.1) is 0 Å². The SMILES string of the molecule is COCCN1CCN(CCOc2ccc(C(O)(Cc3ccc(Cl)cc3)c3ccc(C)cc3)cc2)CC1. The standard InChI is InChI=1S/C30H37ClN2O3/c1-24-3-7-26(8-4-24)30(34,23-25-5-11-28(31)12-6-25)27-9-13-29(14-10-27)36-22-20-33-17-15-32(16-18-33)19-21-35-2/h3-14,34H,15-23H2,1-2H3. The first-order valence-electron chi connectivity index (χ1n) is 12.7. The molecular formula is C30H37ClN2O3. The topological polar surface area (TPSA) is 45.2 Å². The molecule has 1 aliphatic rings. The molecule has 6 heteroatoms. The minimum atomic E-state index is -1.16. The van der Waals surface area contributed by atoms with Crippen LogP contribution in [0.3, 0.4) is 0 Å². The lowest BCUT2D eigenvalue weighted by atomic mass is 9.81. The molecule has 5 nitrogen and oxygen atoms in total. The maximum atomic E-state index is 12.0. The summed E-state index contributed by atoms with van der Waals surface area (Å²) in [5.74, 6) is 0.815. The number of hydrogen-bond donors (Lipinski definition) is 1. The first-order chi connectivity index (χ1) is 17.5. The van der Waals surface area contributed by atoms with Crippen LogP contribution in [-0.2, 0) is 16.8 Å². The van der Waals surface area contributed by atoms with Crippen molar-refractivity contribution in [2.24, 2.45) is 0 Å². The number of halogens is 1. The van der Waals surface area contributed by atoms with Gasteiger partial charge in [-0.3, -0.25) is 9.80 Å². The molecule has 0 spiro atoms. The van der Waals surface area contributed by atoms with Crippen LogP contribution in [0, 0.1) is 6.92 Å². The molecule has 1 aliphatic heterocycles. The molecule has 192 valence electrons. The van der Waals surface area contributed by atoms with Crippen molar-refractivity contribution >= 4 is 11.6 Å². The molecule has 1 atom stereocenters. The van der Waals surface area contributed by atoms with E-state index >= 15 is 0 Å². The van der Waals surface area contributed by atoms with Gasteiger partial charge in [0.1, 0.15) is 18.0 Å². The van der Waals surface area contributed by atoms with Gasteiger partial charge < -0.3 is 14.6 Å². The molecule has 0 radical (unpaired) electrons. The van der Waals surface area contributed by atoms with Crippen LogP contribution in [0.25, 0.3) is 0 Å². The summed E-state index contributed by atoms with van der Waals surface area (Å²) in [4.78, 5) is 4.89. The molecule has 0 saturated carbocycles. The zero-order chi connectivity index (χ0) is 25.4. The Morgan fingerprint density at radius 1 is 0.778 bits per heavy atom. The first-order valence-corrected chi connectivity index (χ1v) is 13.0. The third-order valence-electron chi connectivity index (χ3n) is 6.99. The fraction of sp³-hybridized carbons (Fsp3) is 0.400. The summed E-state index contributed by atoms with van der Waals surface area (Å²) in [6, 6.07) is 23.6. The normalized spacial score (nSPS) is 16.6. The Bertz CT molecular complexity index is 1060. The third-order valence-corrected chi connectivity index (χ3v) is 7.24. The van der Waals surface area contributed by atoms with Crippen molar-refractivity contribution < 1.29 is 14.6 Å². The molecular weight excluding hydrogens is 472 g/mol. The molecule has 0 aliphatic carbocycles. The van der Waals surface area contributed by atoms with E-state index in [0.717, 1.165) is 73.9 Å². The van der Waals surface area contributed by atoms with Crippen molar-refractivity contribution in [2.45, 2.75) is 18.9 Å². The van der Waals surface area contributed by atoms with Gasteiger partial charge in [0.05, 0.1) is 6.61 Å². The van der Waals surface area contributed by atoms with Gasteiger partial charge in [0, 0.05) is 57.8 Å². The second-order valence-corrected chi connectivity index (χ2v) is 10.0. The molecule has 3 aromatic rings. The van der Waals surface area contributed by atoms with E-state index in [2.05, 4.69) is 16.7 Å². The van der Waals surface area contributed by atoms with Crippen molar-refractivity contribution in [1.82, 2.24) is 9.80 Å². The maximum absolute atomic E-state index is 12.0. The monoisotopic (exact) mass is 508 g/mol. The second kappa shape index (κ2) is 12.7. The highest BCUT2D eigenvalue weighted by molar-refractivity contribution is 6.30. The second-order valence-electron chi connectivity index (χ2n) is 9.58. The average Bonchev–Trinajstić information content (AvgIpc) is 2.90. The molecule has 36 heavy (non-hydrogen) atoms. The molecule has 0 amide bonds. The van der Waals surface area contributed by atoms with Crippen LogP contribution in [0.2, 0.25) is 5.02 Å². The summed E-state index contributed by atoms with van der Waals surface area (Å²) in [5, 5.41) is 12.7. The Morgan fingerprint density at radius 2 is 1.31 bits per heavy atom. The smallest absolute Gasteiger partial charge is 0.119 e. The number of aliphatic hydroxyl groups is 1. The van der Waals surface area contributed by atoms with Crippen LogP contribution in [0.5, 0.6) is 5.75 Å². The number of aryl methyl sites for hydroxylation is 1. The minimum Gasteiger partial charge on any atom is -0.492 e. The van der Waals surface area contributed by atoms with Gasteiger partial charge in [0.25, 0.3) is 0 Å². The quantitative estimate of drug-likeness (QED) is 0.404. The predicted molar refractivity (Wildman–Crippen MR) is 146 cm³/mol. The van der Waals surface area contributed by atoms with Gasteiger partial charge in [0.2, 0.25) is 0 Å². The maximum Gasteiger partial charge on any atom is 0.119 e. The van der Waals surface area contributed by atoms with E-state index in [1.165, 1.54) is 0 Å². The Kier molecular flexibility index (Phi) is 9.41. The molecule has 0 aromatic heterocycles. The molecule has 1 unspecified atom stereocenters. The number of hydrogen-bond acceptors (Lipinski definition) is 5. The zero-order valence-corrected chi connectivity index (χ0v) is 22.1. The van der Waals surface area contributed by atoms with Gasteiger partial charge in [-0.2, -0.15) is 0 Å². The van der Waals surface area contributed by atoms with E-state index in [9.17, 15) is 5.11 Å². The Labute approximate surface area is 220 Å². The van der Waals surface area contributed by atoms with E-state index in [1.54, 1.807) is 7.11 Å². The molecule has 1 fully saturated rings. The number of piperazine rings is 1. The van der Waals surface area contributed by atoms with Crippen molar-refractivity contribution in [1.29, 1.82) is 0 Å². The van der Waals surface area contributed by atoms with Gasteiger partial charge in [-0.25, -0.2) is 0 Å². The van der Waals surface area contributed by atoms with Gasteiger partial charge >= 0.3 is 0 Å². The van der Waals surface area contributed by atoms with Gasteiger partial charge in [-0.05, 0) is 47.9 Å². The number of ether oxygens (including phenoxy) is 2. The van der Waals surface area contributed by atoms with Crippen LogP contribution in [0.4, 0.5) is 0 Å². The Hall–Kier alpha value is -2.41. The van der Waals surface area contributed by atoms with E-state index < -0.39 is 5.60 Å². The van der Waals surface area contributed by atoms with E-state index in [-0.39, 0.29) is 0 Å². The van der Waals surface area contributed by atoms with Crippen molar-refractivity contribution in [3.63, 3.8) is 0 Å². The van der Waals surface area contributed by atoms with Crippen LogP contribution in [0.1, 0.15) is 22.3 Å². The van der Waals surface area contributed by atoms with Crippen LogP contribution in [0.15, 0.2) is 72.8 Å². The average molecular weight is 509 g/mol. The third kappa shape index (κ3) is 7.09. The minimum absolute atomic E-state index is 0.448. The van der Waals surface area contributed by atoms with E-state index in [4.69, 9.17) is 21.1 Å². The zero-order valence-electron chi connectivity index (χ0n) is 21.3. The van der Waals surface area contributed by atoms with E-state index in [0.29, 0.717) is 18.1 Å². The molecule has 3 aromatic carbocycles. The fourth-order valence-electron chi connectivity index (χ4n) is 4.67. The molecule has 1 saturated heterocycles. The summed E-state index contributed by atoms with van der Waals surface area (Å²) < 4.78 is 11.2. The van der Waals surface area contributed by atoms with Crippen molar-refractivity contribution in [3.8, 4) is 5.75 Å². The summed E-state index contributed by atoms with van der Waals surface area (Å²) in [5.41, 5.74) is 2.71. The number of nitrogens with zero attached hydrogens (tertiary/aromatic N) is 2. The highest BCUT2D eigenvalue weighted by Gasteiger charge is 2.32. The Morgan fingerprint density at radius 3 is 1.86 bits per heavy atom. The van der Waals surface area contributed by atoms with Gasteiger partial charge in [-0.1, -0.05) is 65.7 Å². The van der Waals surface area contributed by atoms with Crippen LogP contribution >= 0.6 is 11.6 Å². The summed E-state index contributed by atoms with van der Waals surface area (Å²) in [6.45, 7) is 9.65. The highest BCUT2D eigenvalue weighted by Crippen LogP contribution is 2.34. The Balaban J connectivity index is 1.39. The van der Waals surface area contributed by atoms with Gasteiger partial charge in [0.15, 0.2) is 0 Å². The highest BCUT2D eigenvalue weighted by atomic mass is 35.5. The number of benzene rings is 3.